The first kappa shape index (κ1) is 32.2. The standard InChI is InChI=1S/C51H45BN2S/c1-28-24-35-32-16-13-17-34-43-33-15-10-12-19-42(33)55-48(43)54(46(32)34)52-39-21-20-31-30-14-9-11-18-36(30)51(7,8)44(31)47(39)53(41(25-28)45(35)52)40-27-38-37(26-29(40)2)49(3,4)22-23-50(38,5)6/h9-21,24-27H,22-23H2,1-8H3. The van der Waals surface area contributed by atoms with E-state index >= 15 is 0 Å². The van der Waals surface area contributed by atoms with Crippen LogP contribution in [0.4, 0.5) is 17.1 Å². The van der Waals surface area contributed by atoms with E-state index in [4.69, 9.17) is 0 Å². The molecule has 0 N–H and O–H groups in total. The van der Waals surface area contributed by atoms with Crippen LogP contribution in [-0.2, 0) is 16.2 Å². The van der Waals surface area contributed by atoms with E-state index in [9.17, 15) is 0 Å². The molecule has 4 aliphatic rings. The Morgan fingerprint density at radius 1 is 0.618 bits per heavy atom. The van der Waals surface area contributed by atoms with Crippen LogP contribution < -0.4 is 15.8 Å². The largest absolute Gasteiger partial charge is 0.367 e. The zero-order valence-electron chi connectivity index (χ0n) is 33.1. The minimum Gasteiger partial charge on any atom is -0.367 e. The number of anilines is 3. The molecule has 6 aromatic carbocycles. The predicted octanol–water partition coefficient (Wildman–Crippen LogP) is 12.7. The van der Waals surface area contributed by atoms with Crippen molar-refractivity contribution in [1.29, 1.82) is 0 Å². The first-order valence-corrected chi connectivity index (χ1v) is 21.0. The monoisotopic (exact) mass is 728 g/mol. The number of fused-ring (bicyclic) bond motifs is 14. The zero-order chi connectivity index (χ0) is 37.5. The fourth-order valence-corrected chi connectivity index (χ4v) is 12.8. The van der Waals surface area contributed by atoms with Crippen LogP contribution in [0, 0.1) is 13.8 Å². The van der Waals surface area contributed by atoms with Crippen LogP contribution in [0.3, 0.4) is 0 Å². The van der Waals surface area contributed by atoms with E-state index < -0.39 is 0 Å². The van der Waals surface area contributed by atoms with Gasteiger partial charge in [0.15, 0.2) is 0 Å². The second-order valence-electron chi connectivity index (χ2n) is 18.9. The molecule has 0 bridgehead atoms. The molecule has 0 radical (unpaired) electrons. The van der Waals surface area contributed by atoms with Gasteiger partial charge in [0.25, 0.3) is 0 Å². The van der Waals surface area contributed by atoms with Gasteiger partial charge in [-0.25, -0.2) is 0 Å². The van der Waals surface area contributed by atoms with Gasteiger partial charge < -0.3 is 9.38 Å². The van der Waals surface area contributed by atoms with E-state index in [1.165, 1.54) is 128 Å². The van der Waals surface area contributed by atoms with Crippen molar-refractivity contribution in [2.24, 2.45) is 0 Å². The van der Waals surface area contributed by atoms with Gasteiger partial charge in [0.1, 0.15) is 0 Å². The Labute approximate surface area is 328 Å². The molecule has 2 aliphatic heterocycles. The van der Waals surface area contributed by atoms with E-state index in [0.29, 0.717) is 0 Å². The summed E-state index contributed by atoms with van der Waals surface area (Å²) in [7, 11) is 0. The molecule has 0 spiro atoms. The molecule has 0 unspecified atom stereocenters. The summed E-state index contributed by atoms with van der Waals surface area (Å²) in [5, 5.41) is 4.13. The number of hydrogen-bond donors (Lipinski definition) is 0. The highest BCUT2D eigenvalue weighted by atomic mass is 32.1. The second kappa shape index (κ2) is 10.2. The van der Waals surface area contributed by atoms with Crippen LogP contribution in [0.15, 0.2) is 103 Å². The first-order valence-electron chi connectivity index (χ1n) is 20.2. The van der Waals surface area contributed by atoms with Gasteiger partial charge in [-0.05, 0) is 117 Å². The summed E-state index contributed by atoms with van der Waals surface area (Å²) in [6.45, 7) is 19.5. The number of hydrogen-bond acceptors (Lipinski definition) is 2. The van der Waals surface area contributed by atoms with Crippen molar-refractivity contribution >= 4 is 77.4 Å². The second-order valence-corrected chi connectivity index (χ2v) is 19.9. The molecule has 268 valence electrons. The number of benzene rings is 6. The molecule has 0 saturated carbocycles. The highest BCUT2D eigenvalue weighted by molar-refractivity contribution is 7.26. The number of para-hydroxylation sites is 1. The van der Waals surface area contributed by atoms with Crippen molar-refractivity contribution in [1.82, 2.24) is 4.48 Å². The number of rotatable bonds is 1. The maximum atomic E-state index is 2.76. The lowest BCUT2D eigenvalue weighted by atomic mass is 9.44. The molecule has 4 heterocycles. The summed E-state index contributed by atoms with van der Waals surface area (Å²) in [6.07, 6.45) is 2.40. The summed E-state index contributed by atoms with van der Waals surface area (Å²) in [5.41, 5.74) is 22.3. The number of aromatic nitrogens is 1. The molecule has 12 rings (SSSR count). The fourth-order valence-electron chi connectivity index (χ4n) is 11.6. The van der Waals surface area contributed by atoms with Gasteiger partial charge >= 0.3 is 6.85 Å². The van der Waals surface area contributed by atoms with Crippen LogP contribution in [0.25, 0.3) is 53.5 Å². The summed E-state index contributed by atoms with van der Waals surface area (Å²) in [4.78, 5) is 4.12. The van der Waals surface area contributed by atoms with Crippen molar-refractivity contribution < 1.29 is 0 Å². The van der Waals surface area contributed by atoms with Gasteiger partial charge in [0, 0.05) is 54.4 Å². The Balaban J connectivity index is 1.26. The van der Waals surface area contributed by atoms with Crippen molar-refractivity contribution in [2.45, 2.75) is 84.5 Å². The third-order valence-electron chi connectivity index (χ3n) is 14.4. The third-order valence-corrected chi connectivity index (χ3v) is 15.5. The van der Waals surface area contributed by atoms with Crippen molar-refractivity contribution in [3.8, 4) is 22.3 Å². The lowest BCUT2D eigenvalue weighted by Crippen LogP contribution is -2.57. The number of aryl methyl sites for hydroxylation is 2. The van der Waals surface area contributed by atoms with E-state index in [2.05, 4.69) is 168 Å². The van der Waals surface area contributed by atoms with E-state index in [0.717, 1.165) is 0 Å². The molecule has 0 saturated heterocycles. The normalized spacial score (nSPS) is 17.7. The number of thiophene rings is 1. The van der Waals surface area contributed by atoms with Gasteiger partial charge in [-0.3, -0.25) is 0 Å². The highest BCUT2D eigenvalue weighted by Gasteiger charge is 2.49. The minimum atomic E-state index is -0.186. The Kier molecular flexibility index (Phi) is 5.98. The lowest BCUT2D eigenvalue weighted by Gasteiger charge is -2.46. The molecule has 2 aliphatic carbocycles. The molecule has 4 heteroatoms. The molecular weight excluding hydrogens is 683 g/mol. The van der Waals surface area contributed by atoms with Crippen molar-refractivity contribution in [3.05, 3.63) is 137 Å². The first-order chi connectivity index (χ1) is 26.4. The van der Waals surface area contributed by atoms with Crippen LogP contribution >= 0.6 is 11.3 Å². The van der Waals surface area contributed by atoms with Crippen molar-refractivity contribution in [3.63, 3.8) is 0 Å². The van der Waals surface area contributed by atoms with Crippen LogP contribution in [0.5, 0.6) is 0 Å². The Bertz CT molecular complexity index is 3060. The summed E-state index contributed by atoms with van der Waals surface area (Å²) in [5.74, 6) is 0. The average Bonchev–Trinajstić information content (AvgIpc) is 3.77. The summed E-state index contributed by atoms with van der Waals surface area (Å²) in [6, 6.07) is 40.4. The lowest BCUT2D eigenvalue weighted by molar-refractivity contribution is 0.332. The predicted molar refractivity (Wildman–Crippen MR) is 238 cm³/mol. The van der Waals surface area contributed by atoms with Crippen LogP contribution in [0.1, 0.15) is 87.8 Å². The topological polar surface area (TPSA) is 8.17 Å². The maximum Gasteiger partial charge on any atom is 0.333 e. The smallest absolute Gasteiger partial charge is 0.333 e. The molecular formula is C51H45BN2S. The molecule has 8 aromatic rings. The minimum absolute atomic E-state index is 0.0398. The van der Waals surface area contributed by atoms with Gasteiger partial charge in [-0.1, -0.05) is 126 Å². The highest BCUT2D eigenvalue weighted by Crippen LogP contribution is 2.57. The zero-order valence-corrected chi connectivity index (χ0v) is 33.9. The van der Waals surface area contributed by atoms with Gasteiger partial charge in [0.2, 0.25) is 0 Å². The van der Waals surface area contributed by atoms with Gasteiger partial charge in [-0.2, -0.15) is 0 Å². The van der Waals surface area contributed by atoms with Gasteiger partial charge in [0.05, 0.1) is 4.83 Å². The Hall–Kier alpha value is -5.06. The molecule has 2 aromatic heterocycles. The van der Waals surface area contributed by atoms with Crippen LogP contribution in [0.2, 0.25) is 0 Å². The third kappa shape index (κ3) is 3.87. The summed E-state index contributed by atoms with van der Waals surface area (Å²) >= 11 is 1.96. The fraction of sp³-hybridized carbons (Fsp3) is 0.255. The van der Waals surface area contributed by atoms with E-state index in [1.54, 1.807) is 0 Å². The maximum absolute atomic E-state index is 2.76. The molecule has 2 nitrogen and oxygen atoms in total. The Morgan fingerprint density at radius 2 is 1.33 bits per heavy atom. The molecule has 0 atom stereocenters. The number of nitrogens with zero attached hydrogens (tertiary/aromatic N) is 2. The summed E-state index contributed by atoms with van der Waals surface area (Å²) < 4.78 is 4.12. The van der Waals surface area contributed by atoms with Gasteiger partial charge in [-0.15, -0.1) is 11.3 Å². The molecule has 0 amide bonds. The van der Waals surface area contributed by atoms with Crippen molar-refractivity contribution in [2.75, 3.05) is 4.90 Å². The SMILES string of the molecule is Cc1cc2c3c(c1)N(c1cc4c(cc1C)C(C)(C)CCC4(C)C)c1c(ccc4c1C(C)(C)c1ccccc1-4)B3n1c3sc4ccccc4c3c3cccc-2c31. The van der Waals surface area contributed by atoms with E-state index in [-0.39, 0.29) is 23.1 Å². The Morgan fingerprint density at radius 3 is 2.15 bits per heavy atom. The molecule has 55 heavy (non-hydrogen) atoms. The molecule has 0 fully saturated rings. The van der Waals surface area contributed by atoms with Crippen LogP contribution in [-0.4, -0.2) is 11.3 Å². The van der Waals surface area contributed by atoms with E-state index in [1.807, 2.05) is 11.3 Å². The average molecular weight is 729 g/mol. The quantitative estimate of drug-likeness (QED) is 0.153.